The maximum Gasteiger partial charge on any atom is 0.205 e. The predicted octanol–water partition coefficient (Wildman–Crippen LogP) is 4.84. The number of likely N-dealkylation sites (N-methyl/N-ethyl adjacent to an activating group) is 2. The Balaban J connectivity index is 1.25. The monoisotopic (exact) mass is 508 g/mol. The van der Waals surface area contributed by atoms with Gasteiger partial charge in [0.25, 0.3) is 0 Å². The van der Waals surface area contributed by atoms with Crippen LogP contribution in [0.1, 0.15) is 29.4 Å². The predicted molar refractivity (Wildman–Crippen MR) is 162 cm³/mol. The van der Waals surface area contributed by atoms with E-state index >= 15 is 0 Å². The van der Waals surface area contributed by atoms with Crippen LogP contribution in [0.2, 0.25) is 0 Å². The molecule has 198 valence electrons. The molecule has 0 bridgehead atoms. The number of hydrogen-bond donors (Lipinski definition) is 0. The third-order valence-electron chi connectivity index (χ3n) is 7.89. The molecule has 38 heavy (non-hydrogen) atoms. The third-order valence-corrected chi connectivity index (χ3v) is 7.89. The second kappa shape index (κ2) is 12.4. The van der Waals surface area contributed by atoms with Gasteiger partial charge in [-0.1, -0.05) is 24.3 Å². The van der Waals surface area contributed by atoms with E-state index in [1.54, 1.807) is 0 Å². The molecule has 0 spiro atoms. The molecule has 0 N–H and O–H groups in total. The summed E-state index contributed by atoms with van der Waals surface area (Å²) in [6.45, 7) is 12.1. The molecule has 5 rings (SSSR count). The third kappa shape index (κ3) is 6.53. The van der Waals surface area contributed by atoms with Crippen LogP contribution in [0.5, 0.6) is 0 Å². The second-order valence-corrected chi connectivity index (χ2v) is 10.6. The SMILES string of the molecule is CC[n+]1c(/C=C/c2ccc(N3CCN(C)CC3)cc2)cccc1/C=C/c1ccc(N2CCN(C)CC2)cc1. The van der Waals surface area contributed by atoms with Gasteiger partial charge in [0, 0.05) is 88.0 Å². The van der Waals surface area contributed by atoms with Gasteiger partial charge in [-0.2, -0.15) is 4.57 Å². The van der Waals surface area contributed by atoms with Crippen molar-refractivity contribution in [2.45, 2.75) is 13.5 Å². The number of nitrogens with zero attached hydrogens (tertiary/aromatic N) is 5. The summed E-state index contributed by atoms with van der Waals surface area (Å²) in [5.41, 5.74) is 7.52. The van der Waals surface area contributed by atoms with Crippen molar-refractivity contribution in [3.05, 3.63) is 89.2 Å². The summed E-state index contributed by atoms with van der Waals surface area (Å²) in [7, 11) is 4.40. The highest BCUT2D eigenvalue weighted by Crippen LogP contribution is 2.20. The van der Waals surface area contributed by atoms with E-state index in [1.165, 1.54) is 33.9 Å². The van der Waals surface area contributed by atoms with Crippen molar-refractivity contribution in [3.8, 4) is 0 Å². The van der Waals surface area contributed by atoms with Gasteiger partial charge in [0.1, 0.15) is 6.54 Å². The number of hydrogen-bond acceptors (Lipinski definition) is 4. The van der Waals surface area contributed by atoms with Crippen LogP contribution in [0.15, 0.2) is 66.7 Å². The van der Waals surface area contributed by atoms with Crippen LogP contribution >= 0.6 is 0 Å². The highest BCUT2D eigenvalue weighted by atomic mass is 15.3. The highest BCUT2D eigenvalue weighted by molar-refractivity contribution is 5.70. The Labute approximate surface area is 228 Å². The summed E-state index contributed by atoms with van der Waals surface area (Å²) in [4.78, 5) is 9.75. The average Bonchev–Trinajstić information content (AvgIpc) is 2.96. The molecule has 0 radical (unpaired) electrons. The van der Waals surface area contributed by atoms with Gasteiger partial charge in [-0.05, 0) is 74.6 Å². The zero-order chi connectivity index (χ0) is 26.3. The Kier molecular flexibility index (Phi) is 8.57. The molecule has 0 saturated carbocycles. The van der Waals surface area contributed by atoms with Gasteiger partial charge in [-0.25, -0.2) is 0 Å². The lowest BCUT2D eigenvalue weighted by Crippen LogP contribution is -2.44. The molecule has 5 heteroatoms. The van der Waals surface area contributed by atoms with Crippen molar-refractivity contribution in [2.75, 3.05) is 76.3 Å². The molecule has 2 saturated heterocycles. The van der Waals surface area contributed by atoms with Gasteiger partial charge in [0.05, 0.1) is 0 Å². The summed E-state index contributed by atoms with van der Waals surface area (Å²) < 4.78 is 2.37. The maximum atomic E-state index is 2.48. The fourth-order valence-electron chi connectivity index (χ4n) is 5.32. The molecule has 0 unspecified atom stereocenters. The Morgan fingerprint density at radius 2 is 0.947 bits per heavy atom. The average molecular weight is 509 g/mol. The normalized spacial score (nSPS) is 17.7. The van der Waals surface area contributed by atoms with Crippen LogP contribution in [0.25, 0.3) is 24.3 Å². The largest absolute Gasteiger partial charge is 0.369 e. The molecule has 2 aliphatic heterocycles. The van der Waals surface area contributed by atoms with Gasteiger partial charge in [-0.3, -0.25) is 0 Å². The first-order valence-electron chi connectivity index (χ1n) is 14.1. The lowest BCUT2D eigenvalue weighted by Gasteiger charge is -2.34. The summed E-state index contributed by atoms with van der Waals surface area (Å²) in [5, 5.41) is 0. The molecule has 0 atom stereocenters. The number of benzene rings is 2. The fraction of sp³-hybridized carbons (Fsp3) is 0.364. The molecule has 3 aromatic rings. The highest BCUT2D eigenvalue weighted by Gasteiger charge is 2.15. The fourth-order valence-corrected chi connectivity index (χ4v) is 5.32. The second-order valence-electron chi connectivity index (χ2n) is 10.6. The standard InChI is InChI=1S/C33H42N5/c1-4-38-32(18-12-28-8-14-30(15-9-28)36-24-20-34(2)21-25-36)6-5-7-33(38)19-13-29-10-16-31(17-11-29)37-26-22-35(3)23-27-37/h5-19H,4,20-27H2,1-3H3/q+1. The van der Waals surface area contributed by atoms with Crippen LogP contribution in [-0.2, 0) is 6.54 Å². The van der Waals surface area contributed by atoms with Crippen LogP contribution < -0.4 is 14.4 Å². The molecule has 0 aliphatic carbocycles. The molecular weight excluding hydrogens is 466 g/mol. The van der Waals surface area contributed by atoms with Gasteiger partial charge < -0.3 is 19.6 Å². The van der Waals surface area contributed by atoms with E-state index in [2.05, 4.69) is 136 Å². The molecule has 2 fully saturated rings. The smallest absolute Gasteiger partial charge is 0.205 e. The molecule has 5 nitrogen and oxygen atoms in total. The molecule has 3 heterocycles. The van der Waals surface area contributed by atoms with Crippen molar-refractivity contribution < 1.29 is 4.57 Å². The summed E-state index contributed by atoms with van der Waals surface area (Å²) in [5.74, 6) is 0. The molecule has 2 aromatic carbocycles. The maximum absolute atomic E-state index is 2.48. The Morgan fingerprint density at radius 1 is 0.553 bits per heavy atom. The van der Waals surface area contributed by atoms with Crippen LogP contribution in [-0.4, -0.2) is 76.3 Å². The van der Waals surface area contributed by atoms with Gasteiger partial charge in [-0.15, -0.1) is 0 Å². The Hall–Kier alpha value is -3.41. The lowest BCUT2D eigenvalue weighted by atomic mass is 10.1. The summed E-state index contributed by atoms with van der Waals surface area (Å²) in [6, 6.07) is 24.5. The number of rotatable bonds is 7. The Morgan fingerprint density at radius 3 is 1.32 bits per heavy atom. The van der Waals surface area contributed by atoms with Crippen LogP contribution in [0, 0.1) is 0 Å². The van der Waals surface area contributed by atoms with Crippen molar-refractivity contribution in [3.63, 3.8) is 0 Å². The minimum atomic E-state index is 0.922. The quantitative estimate of drug-likeness (QED) is 0.425. The minimum Gasteiger partial charge on any atom is -0.369 e. The van der Waals surface area contributed by atoms with Crippen LogP contribution in [0.3, 0.4) is 0 Å². The zero-order valence-corrected chi connectivity index (χ0v) is 23.3. The summed E-state index contributed by atoms with van der Waals surface area (Å²) in [6.07, 6.45) is 8.91. The first-order valence-corrected chi connectivity index (χ1v) is 14.1. The summed E-state index contributed by atoms with van der Waals surface area (Å²) >= 11 is 0. The number of piperazine rings is 2. The zero-order valence-electron chi connectivity index (χ0n) is 23.3. The van der Waals surface area contributed by atoms with E-state index in [0.29, 0.717) is 0 Å². The van der Waals surface area contributed by atoms with Crippen molar-refractivity contribution >= 4 is 35.7 Å². The van der Waals surface area contributed by atoms with E-state index < -0.39 is 0 Å². The van der Waals surface area contributed by atoms with Gasteiger partial charge in [0.15, 0.2) is 0 Å². The van der Waals surface area contributed by atoms with E-state index in [9.17, 15) is 0 Å². The number of anilines is 2. The number of aromatic nitrogens is 1. The molecule has 2 aliphatic rings. The topological polar surface area (TPSA) is 16.8 Å². The van der Waals surface area contributed by atoms with Gasteiger partial charge >= 0.3 is 0 Å². The van der Waals surface area contributed by atoms with E-state index in [-0.39, 0.29) is 0 Å². The minimum absolute atomic E-state index is 0.922. The molecular formula is C33H42N5+. The number of pyridine rings is 1. The van der Waals surface area contributed by atoms with E-state index in [1.807, 2.05) is 0 Å². The lowest BCUT2D eigenvalue weighted by molar-refractivity contribution is -0.696. The first-order chi connectivity index (χ1) is 18.6. The van der Waals surface area contributed by atoms with Crippen molar-refractivity contribution in [1.29, 1.82) is 0 Å². The van der Waals surface area contributed by atoms with E-state index in [0.717, 1.165) is 58.9 Å². The van der Waals surface area contributed by atoms with Crippen LogP contribution in [0.4, 0.5) is 11.4 Å². The van der Waals surface area contributed by atoms with Crippen molar-refractivity contribution in [2.24, 2.45) is 0 Å². The van der Waals surface area contributed by atoms with Gasteiger partial charge in [0.2, 0.25) is 11.4 Å². The first kappa shape index (κ1) is 26.2. The van der Waals surface area contributed by atoms with E-state index in [4.69, 9.17) is 0 Å². The molecule has 0 amide bonds. The Bertz CT molecular complexity index is 1140. The van der Waals surface area contributed by atoms with Crippen molar-refractivity contribution in [1.82, 2.24) is 9.80 Å². The molecule has 1 aromatic heterocycles.